The molecule has 57 heavy (non-hydrogen) atoms. The number of nitrogens with one attached hydrogen (secondary N) is 2. The summed E-state index contributed by atoms with van der Waals surface area (Å²) < 4.78 is 0. The smallest absolute Gasteiger partial charge is 0.411 e. The highest BCUT2D eigenvalue weighted by Crippen LogP contribution is 2.53. The SMILES string of the molecule is NC(=O)C[C@@]1(O)Cc2ccc(cc2)[C@]1(C(=O)NC(=O)O)N1CCCC1N(c1ccccc1)C1CCCN1[C@@]1(C(=O)NC(=O)O)c2ccc(cc2)C[C@]1(O)CC(N)=O. The zero-order valence-corrected chi connectivity index (χ0v) is 31.0. The molecule has 6 amide bonds. The molecule has 3 aromatic rings. The molecule has 0 radical (unpaired) electrons. The Balaban J connectivity index is 1.47. The molecule has 0 spiro atoms. The molecule has 2 heterocycles. The highest BCUT2D eigenvalue weighted by atomic mass is 16.4. The summed E-state index contributed by atoms with van der Waals surface area (Å²) in [6.07, 6.45) is -5.56. The third-order valence-electron chi connectivity index (χ3n) is 12.1. The number of carboxylic acid groups (broad SMARTS) is 2. The Hall–Kier alpha value is -5.88. The molecule has 2 fully saturated rings. The van der Waals surface area contributed by atoms with E-state index in [1.165, 1.54) is 0 Å². The molecule has 4 bridgehead atoms. The Kier molecular flexibility index (Phi) is 10.1. The van der Waals surface area contributed by atoms with Crippen molar-refractivity contribution in [3.63, 3.8) is 0 Å². The van der Waals surface area contributed by atoms with Gasteiger partial charge >= 0.3 is 12.2 Å². The van der Waals surface area contributed by atoms with Gasteiger partial charge in [-0.25, -0.2) is 9.59 Å². The van der Waals surface area contributed by atoms with E-state index in [-0.39, 0.29) is 37.1 Å². The van der Waals surface area contributed by atoms with Crippen molar-refractivity contribution in [2.75, 3.05) is 18.0 Å². The second-order valence-corrected chi connectivity index (χ2v) is 15.4. The number of hydrogen-bond acceptors (Lipinski definition) is 11. The number of carbonyl (C=O) groups is 6. The minimum Gasteiger partial charge on any atom is -0.465 e. The Morgan fingerprint density at radius 2 is 1.02 bits per heavy atom. The van der Waals surface area contributed by atoms with Crippen LogP contribution in [0.5, 0.6) is 0 Å². The van der Waals surface area contributed by atoms with Crippen LogP contribution in [0.4, 0.5) is 15.3 Å². The third kappa shape index (κ3) is 6.26. The van der Waals surface area contributed by atoms with Crippen molar-refractivity contribution in [3.05, 3.63) is 101 Å². The molecule has 2 unspecified atom stereocenters. The number of anilines is 1. The van der Waals surface area contributed by atoms with Gasteiger partial charge in [-0.3, -0.25) is 39.6 Å². The van der Waals surface area contributed by atoms with Crippen molar-refractivity contribution in [2.45, 2.75) is 86.0 Å². The van der Waals surface area contributed by atoms with Crippen molar-refractivity contribution in [2.24, 2.45) is 11.5 Å². The number of primary amides is 2. The summed E-state index contributed by atoms with van der Waals surface area (Å²) in [7, 11) is 0. The predicted octanol–water partition coefficient (Wildman–Crippen LogP) is 1.04. The van der Waals surface area contributed by atoms with Gasteiger partial charge in [-0.1, -0.05) is 66.7 Å². The number of para-hydroxylation sites is 1. The molecule has 300 valence electrons. The minimum atomic E-state index is -2.27. The molecule has 17 heteroatoms. The largest absolute Gasteiger partial charge is 0.465 e. The van der Waals surface area contributed by atoms with Gasteiger partial charge in [0.05, 0.1) is 25.2 Å². The first-order valence-electron chi connectivity index (χ1n) is 18.7. The summed E-state index contributed by atoms with van der Waals surface area (Å²) in [6.45, 7) is 0.236. The van der Waals surface area contributed by atoms with Gasteiger partial charge in [0, 0.05) is 31.6 Å². The topological polar surface area (TPSA) is 269 Å². The molecule has 17 nitrogen and oxygen atoms in total. The quantitative estimate of drug-likeness (QED) is 0.135. The Bertz CT molecular complexity index is 1970. The zero-order valence-electron chi connectivity index (χ0n) is 31.0. The van der Waals surface area contributed by atoms with Crippen LogP contribution in [0.1, 0.15) is 60.8 Å². The highest BCUT2D eigenvalue weighted by molar-refractivity contribution is 6.00. The van der Waals surface area contributed by atoms with Crippen LogP contribution in [0.25, 0.3) is 0 Å². The number of imide groups is 2. The minimum absolute atomic E-state index is 0.118. The van der Waals surface area contributed by atoms with Crippen LogP contribution in [0, 0.1) is 0 Å². The second-order valence-electron chi connectivity index (χ2n) is 15.4. The summed E-state index contributed by atoms with van der Waals surface area (Å²) in [6, 6.07) is 22.2. The summed E-state index contributed by atoms with van der Waals surface area (Å²) in [5.74, 6) is -4.06. The average molecular weight is 784 g/mol. The fourth-order valence-corrected chi connectivity index (χ4v) is 10.3. The standard InChI is InChI=1S/C40H45N7O10/c41-29(48)22-37(56)20-24-10-14-26(15-11-24)39(37,33(50)43-35(52)53)45-18-4-8-31(45)47(28-6-2-1-3-7-28)32-9-5-19-46(32)40(34(51)44-36(54)55)27-16-12-25(13-17-27)21-38(40,57)23-30(42)49/h1-3,6-7,10-17,31-32,56-57H,4-5,8-9,18-23H2,(H2,41,48)(H2,42,49)(H,43,50)(H,44,51)(H,52,53)(H,54,55)/t31?,32?,37-,38-,39+,40+/m0/s1. The van der Waals surface area contributed by atoms with Gasteiger partial charge in [0.1, 0.15) is 11.2 Å². The normalized spacial score (nSPS) is 29.3. The van der Waals surface area contributed by atoms with Crippen LogP contribution in [-0.4, -0.2) is 103 Å². The molecule has 10 N–H and O–H groups in total. The number of carbonyl (C=O) groups excluding carboxylic acids is 4. The first kappa shape index (κ1) is 39.4. The maximum Gasteiger partial charge on any atom is 0.411 e. The Labute approximate surface area is 327 Å². The van der Waals surface area contributed by atoms with E-state index in [0.29, 0.717) is 42.5 Å². The Morgan fingerprint density at radius 1 is 0.632 bits per heavy atom. The molecular weight excluding hydrogens is 738 g/mol. The highest BCUT2D eigenvalue weighted by Gasteiger charge is 2.68. The van der Waals surface area contributed by atoms with Crippen LogP contribution in [0.2, 0.25) is 0 Å². The number of benzene rings is 3. The first-order valence-corrected chi connectivity index (χ1v) is 18.7. The van der Waals surface area contributed by atoms with E-state index in [1.54, 1.807) is 88.7 Å². The molecule has 6 atom stereocenters. The number of hydrogen-bond donors (Lipinski definition) is 8. The van der Waals surface area contributed by atoms with E-state index in [1.807, 2.05) is 15.5 Å². The van der Waals surface area contributed by atoms with Crippen molar-refractivity contribution < 1.29 is 49.2 Å². The van der Waals surface area contributed by atoms with E-state index in [9.17, 15) is 49.2 Å². The average Bonchev–Trinajstić information content (AvgIpc) is 3.71. The molecule has 9 rings (SSSR count). The molecule has 0 saturated carbocycles. The number of aliphatic hydroxyl groups is 2. The van der Waals surface area contributed by atoms with Crippen molar-refractivity contribution in [1.29, 1.82) is 0 Å². The van der Waals surface area contributed by atoms with Crippen molar-refractivity contribution in [3.8, 4) is 0 Å². The lowest BCUT2D eigenvalue weighted by atomic mass is 9.69. The summed E-state index contributed by atoms with van der Waals surface area (Å²) in [5, 5.41) is 49.6. The second kappa shape index (κ2) is 14.6. The molecule has 2 aliphatic heterocycles. The van der Waals surface area contributed by atoms with Crippen molar-refractivity contribution in [1.82, 2.24) is 20.4 Å². The molecular formula is C40H45N7O10. The summed E-state index contributed by atoms with van der Waals surface area (Å²) in [4.78, 5) is 85.0. The van der Waals surface area contributed by atoms with Crippen LogP contribution >= 0.6 is 0 Å². The van der Waals surface area contributed by atoms with E-state index in [0.717, 1.165) is 0 Å². The van der Waals surface area contributed by atoms with Crippen molar-refractivity contribution >= 4 is 41.5 Å². The fraction of sp³-hybridized carbons (Fsp3) is 0.400. The van der Waals surface area contributed by atoms with Gasteiger partial charge in [0.25, 0.3) is 11.8 Å². The van der Waals surface area contributed by atoms with Gasteiger partial charge in [-0.15, -0.1) is 0 Å². The van der Waals surface area contributed by atoms with E-state index in [4.69, 9.17) is 11.5 Å². The number of fused-ring (bicyclic) bond motifs is 8. The van der Waals surface area contributed by atoms with Gasteiger partial charge in [-0.05, 0) is 60.1 Å². The summed E-state index contributed by atoms with van der Waals surface area (Å²) >= 11 is 0. The number of rotatable bonds is 11. The van der Waals surface area contributed by atoms with Gasteiger partial charge in [-0.2, -0.15) is 0 Å². The number of amides is 6. The van der Waals surface area contributed by atoms with E-state index >= 15 is 0 Å². The van der Waals surface area contributed by atoms with Crippen LogP contribution in [0.3, 0.4) is 0 Å². The van der Waals surface area contributed by atoms with E-state index < -0.39 is 83.3 Å². The molecule has 3 aromatic carbocycles. The van der Waals surface area contributed by atoms with Gasteiger partial charge in [0.15, 0.2) is 11.1 Å². The van der Waals surface area contributed by atoms with Crippen LogP contribution < -0.4 is 27.0 Å². The predicted molar refractivity (Wildman–Crippen MR) is 202 cm³/mol. The van der Waals surface area contributed by atoms with Crippen LogP contribution in [0.15, 0.2) is 78.9 Å². The van der Waals surface area contributed by atoms with Crippen LogP contribution in [-0.2, 0) is 43.1 Å². The summed E-state index contributed by atoms with van der Waals surface area (Å²) in [5.41, 5.74) is 4.66. The number of likely N-dealkylation sites (tertiary alicyclic amines) is 2. The monoisotopic (exact) mass is 783 g/mol. The lowest BCUT2D eigenvalue weighted by molar-refractivity contribution is -0.170. The Morgan fingerprint density at radius 3 is 1.37 bits per heavy atom. The molecule has 6 aliphatic rings. The maximum atomic E-state index is 14.8. The number of nitrogens with zero attached hydrogens (tertiary/aromatic N) is 3. The third-order valence-corrected chi connectivity index (χ3v) is 12.1. The van der Waals surface area contributed by atoms with Gasteiger partial charge < -0.3 is 36.8 Å². The fourth-order valence-electron chi connectivity index (χ4n) is 10.3. The molecule has 0 aromatic heterocycles. The zero-order chi connectivity index (χ0) is 40.9. The van der Waals surface area contributed by atoms with E-state index in [2.05, 4.69) is 0 Å². The lowest BCUT2D eigenvalue weighted by Gasteiger charge is -2.57. The molecule has 4 aliphatic carbocycles. The first-order chi connectivity index (χ1) is 27.1. The molecule has 2 saturated heterocycles. The maximum absolute atomic E-state index is 14.8. The number of nitrogens with two attached hydrogens (primary N) is 2. The van der Waals surface area contributed by atoms with Gasteiger partial charge in [0.2, 0.25) is 11.8 Å². The lowest BCUT2D eigenvalue weighted by Crippen LogP contribution is -2.75.